The lowest BCUT2D eigenvalue weighted by atomic mass is 10.3. The highest BCUT2D eigenvalue weighted by atomic mass is 32.2. The van der Waals surface area contributed by atoms with Crippen molar-refractivity contribution in [1.29, 1.82) is 0 Å². The highest BCUT2D eigenvalue weighted by Gasteiger charge is 2.30. The Labute approximate surface area is 122 Å². The van der Waals surface area contributed by atoms with Gasteiger partial charge in [0.05, 0.1) is 10.6 Å². The Kier molecular flexibility index (Phi) is 6.03. The first-order valence-corrected chi connectivity index (χ1v) is 8.19. The highest BCUT2D eigenvalue weighted by molar-refractivity contribution is 7.91. The van der Waals surface area contributed by atoms with Crippen LogP contribution in [-0.4, -0.2) is 40.0 Å². The van der Waals surface area contributed by atoms with Gasteiger partial charge >= 0.3 is 6.18 Å². The molecule has 0 amide bonds. The number of halogens is 3. The molecule has 2 N–H and O–H groups in total. The van der Waals surface area contributed by atoms with E-state index in [0.717, 1.165) is 4.90 Å². The maximum atomic E-state index is 12.5. The average molecular weight is 324 g/mol. The first-order chi connectivity index (χ1) is 9.69. The van der Waals surface area contributed by atoms with Crippen molar-refractivity contribution in [3.63, 3.8) is 0 Å². The fourth-order valence-electron chi connectivity index (χ4n) is 1.92. The summed E-state index contributed by atoms with van der Waals surface area (Å²) in [4.78, 5) is 1.20. The van der Waals surface area contributed by atoms with Crippen molar-refractivity contribution in [3.05, 3.63) is 24.3 Å². The van der Waals surface area contributed by atoms with Crippen molar-refractivity contribution in [2.45, 2.75) is 24.4 Å². The van der Waals surface area contributed by atoms with Crippen LogP contribution in [0, 0.1) is 0 Å². The van der Waals surface area contributed by atoms with E-state index in [1.807, 2.05) is 0 Å². The van der Waals surface area contributed by atoms with Crippen molar-refractivity contribution in [2.24, 2.45) is 5.73 Å². The van der Waals surface area contributed by atoms with E-state index in [1.165, 1.54) is 24.3 Å². The fraction of sp³-hybridized carbons (Fsp3) is 0.538. The first-order valence-electron chi connectivity index (χ1n) is 6.54. The lowest BCUT2D eigenvalue weighted by Crippen LogP contribution is -2.37. The molecule has 21 heavy (non-hydrogen) atoms. The molecule has 120 valence electrons. The van der Waals surface area contributed by atoms with Crippen LogP contribution < -0.4 is 10.6 Å². The van der Waals surface area contributed by atoms with Crippen molar-refractivity contribution in [1.82, 2.24) is 0 Å². The second-order valence-corrected chi connectivity index (χ2v) is 6.75. The van der Waals surface area contributed by atoms with Gasteiger partial charge in [0.2, 0.25) is 0 Å². The van der Waals surface area contributed by atoms with Gasteiger partial charge in [0.15, 0.2) is 9.84 Å². The molecule has 0 spiro atoms. The van der Waals surface area contributed by atoms with Gasteiger partial charge < -0.3 is 10.6 Å². The Morgan fingerprint density at radius 3 is 2.19 bits per heavy atom. The first kappa shape index (κ1) is 17.8. The minimum atomic E-state index is -4.35. The van der Waals surface area contributed by atoms with E-state index in [9.17, 15) is 21.6 Å². The molecule has 0 saturated heterocycles. The molecule has 0 radical (unpaired) electrons. The molecule has 0 fully saturated rings. The zero-order valence-electron chi connectivity index (χ0n) is 11.7. The minimum Gasteiger partial charge on any atom is -0.361 e. The van der Waals surface area contributed by atoms with Crippen LogP contribution in [0.5, 0.6) is 0 Å². The van der Waals surface area contributed by atoms with Gasteiger partial charge in [-0.25, -0.2) is 8.42 Å². The summed E-state index contributed by atoms with van der Waals surface area (Å²) in [7, 11) is -3.37. The summed E-state index contributed by atoms with van der Waals surface area (Å²) < 4.78 is 61.2. The van der Waals surface area contributed by atoms with Crippen LogP contribution >= 0.6 is 0 Å². The topological polar surface area (TPSA) is 63.4 Å². The molecular formula is C13H19F3N2O2S. The lowest BCUT2D eigenvalue weighted by Gasteiger charge is -2.25. The van der Waals surface area contributed by atoms with E-state index in [0.29, 0.717) is 12.1 Å². The van der Waals surface area contributed by atoms with Crippen molar-refractivity contribution >= 4 is 15.5 Å². The number of benzene rings is 1. The molecule has 8 heteroatoms. The number of nitrogens with two attached hydrogens (primary N) is 1. The maximum absolute atomic E-state index is 12.5. The Bertz CT molecular complexity index is 542. The summed E-state index contributed by atoms with van der Waals surface area (Å²) in [5, 5.41) is 0. The zero-order valence-corrected chi connectivity index (χ0v) is 12.5. The van der Waals surface area contributed by atoms with E-state index in [1.54, 1.807) is 6.92 Å². The Hall–Kier alpha value is -1.28. The van der Waals surface area contributed by atoms with E-state index >= 15 is 0 Å². The molecular weight excluding hydrogens is 305 g/mol. The molecule has 0 aliphatic heterocycles. The third-order valence-electron chi connectivity index (χ3n) is 2.80. The highest BCUT2D eigenvalue weighted by Crippen LogP contribution is 2.23. The van der Waals surface area contributed by atoms with Gasteiger partial charge in [-0.15, -0.1) is 0 Å². The maximum Gasteiger partial charge on any atom is 0.405 e. The molecule has 0 bridgehead atoms. The number of hydrogen-bond donors (Lipinski definition) is 1. The standard InChI is InChI=1S/C13H19F3N2O2S/c1-2-9-21(19,20)12-5-3-11(4-6-12)18(8-7-17)10-13(14,15)16/h3-6H,2,7-10,17H2,1H3. The molecule has 1 aromatic carbocycles. The summed E-state index contributed by atoms with van der Waals surface area (Å²) in [5.41, 5.74) is 5.62. The Morgan fingerprint density at radius 2 is 1.76 bits per heavy atom. The van der Waals surface area contributed by atoms with Crippen LogP contribution in [0.25, 0.3) is 0 Å². The normalized spacial score (nSPS) is 12.4. The molecule has 0 saturated carbocycles. The summed E-state index contributed by atoms with van der Waals surface area (Å²) in [6.07, 6.45) is -3.86. The molecule has 0 atom stereocenters. The minimum absolute atomic E-state index is 0.0153. The molecule has 1 aromatic rings. The quantitative estimate of drug-likeness (QED) is 0.835. The molecule has 0 aliphatic rings. The van der Waals surface area contributed by atoms with Crippen molar-refractivity contribution in [3.8, 4) is 0 Å². The average Bonchev–Trinajstić information content (AvgIpc) is 2.37. The molecule has 0 unspecified atom stereocenters. The van der Waals surface area contributed by atoms with Gasteiger partial charge in [-0.1, -0.05) is 6.92 Å². The summed E-state index contributed by atoms with van der Waals surface area (Å²) in [5.74, 6) is 0.0153. The predicted octanol–water partition coefficient (Wildman–Crippen LogP) is 2.20. The SMILES string of the molecule is CCCS(=O)(=O)c1ccc(N(CCN)CC(F)(F)F)cc1. The van der Waals surface area contributed by atoms with Crippen molar-refractivity contribution < 1.29 is 21.6 Å². The summed E-state index contributed by atoms with van der Waals surface area (Å²) in [6.45, 7) is 0.746. The van der Waals surface area contributed by atoms with Gasteiger partial charge in [-0.3, -0.25) is 0 Å². The van der Waals surface area contributed by atoms with Gasteiger partial charge in [-0.2, -0.15) is 13.2 Å². The van der Waals surface area contributed by atoms with Crippen LogP contribution in [0.3, 0.4) is 0 Å². The van der Waals surface area contributed by atoms with E-state index < -0.39 is 22.6 Å². The summed E-state index contributed by atoms with van der Waals surface area (Å²) in [6, 6.07) is 5.42. The third-order valence-corrected chi connectivity index (χ3v) is 4.74. The third kappa shape index (κ3) is 5.55. The zero-order chi connectivity index (χ0) is 16.1. The van der Waals surface area contributed by atoms with Gasteiger partial charge in [0, 0.05) is 18.8 Å². The Balaban J connectivity index is 2.98. The van der Waals surface area contributed by atoms with Crippen LogP contribution in [0.2, 0.25) is 0 Å². The smallest absolute Gasteiger partial charge is 0.361 e. The van der Waals surface area contributed by atoms with E-state index in [4.69, 9.17) is 5.73 Å². The van der Waals surface area contributed by atoms with E-state index in [2.05, 4.69) is 0 Å². The molecule has 0 heterocycles. The molecule has 1 rings (SSSR count). The van der Waals surface area contributed by atoms with Crippen LogP contribution in [0.1, 0.15) is 13.3 Å². The molecule has 0 aliphatic carbocycles. The van der Waals surface area contributed by atoms with Crippen LogP contribution in [-0.2, 0) is 9.84 Å². The summed E-state index contributed by atoms with van der Waals surface area (Å²) >= 11 is 0. The lowest BCUT2D eigenvalue weighted by molar-refractivity contribution is -0.119. The number of hydrogen-bond acceptors (Lipinski definition) is 4. The van der Waals surface area contributed by atoms with Crippen LogP contribution in [0.4, 0.5) is 18.9 Å². The number of rotatable bonds is 7. The van der Waals surface area contributed by atoms with Crippen molar-refractivity contribution in [2.75, 3.05) is 30.3 Å². The molecule has 4 nitrogen and oxygen atoms in total. The van der Waals surface area contributed by atoms with Gasteiger partial charge in [-0.05, 0) is 30.7 Å². The van der Waals surface area contributed by atoms with E-state index in [-0.39, 0.29) is 23.7 Å². The second kappa shape index (κ2) is 7.13. The van der Waals surface area contributed by atoms with Gasteiger partial charge in [0.1, 0.15) is 6.54 Å². The largest absolute Gasteiger partial charge is 0.405 e. The predicted molar refractivity (Wildman–Crippen MR) is 76.1 cm³/mol. The Morgan fingerprint density at radius 1 is 1.19 bits per heavy atom. The number of alkyl halides is 3. The van der Waals surface area contributed by atoms with Crippen LogP contribution in [0.15, 0.2) is 29.2 Å². The fourth-order valence-corrected chi connectivity index (χ4v) is 3.25. The number of nitrogens with zero attached hydrogens (tertiary/aromatic N) is 1. The number of anilines is 1. The molecule has 0 aromatic heterocycles. The van der Waals surface area contributed by atoms with Gasteiger partial charge in [0.25, 0.3) is 0 Å². The number of sulfone groups is 1. The monoisotopic (exact) mass is 324 g/mol. The second-order valence-electron chi connectivity index (χ2n) is 4.64.